The van der Waals surface area contributed by atoms with Crippen molar-refractivity contribution in [3.05, 3.63) is 96.4 Å². The molecule has 0 aliphatic heterocycles. The fourth-order valence-corrected chi connectivity index (χ4v) is 3.79. The first-order valence-corrected chi connectivity index (χ1v) is 11.7. The van der Waals surface area contributed by atoms with Crippen LogP contribution in [0.5, 0.6) is 0 Å². The van der Waals surface area contributed by atoms with E-state index in [1.54, 1.807) is 36.8 Å². The van der Waals surface area contributed by atoms with Crippen LogP contribution in [0.2, 0.25) is 0 Å². The first-order chi connectivity index (χ1) is 17.6. The molecule has 1 aliphatic rings. The van der Waals surface area contributed by atoms with Gasteiger partial charge in [-0.25, -0.2) is 9.67 Å². The molecule has 9 heteroatoms. The number of amides is 2. The van der Waals surface area contributed by atoms with Gasteiger partial charge in [-0.2, -0.15) is 5.10 Å². The number of ketones is 1. The lowest BCUT2D eigenvalue weighted by atomic mass is 10.0. The summed E-state index contributed by atoms with van der Waals surface area (Å²) in [5.74, 6) is -1.59. The average molecular weight is 481 g/mol. The van der Waals surface area contributed by atoms with Gasteiger partial charge in [0.25, 0.3) is 11.8 Å². The second-order valence-electron chi connectivity index (χ2n) is 8.56. The Morgan fingerprint density at radius 3 is 2.42 bits per heavy atom. The first-order valence-electron chi connectivity index (χ1n) is 11.7. The Kier molecular flexibility index (Phi) is 6.61. The van der Waals surface area contributed by atoms with Gasteiger partial charge in [-0.1, -0.05) is 36.4 Å². The smallest absolute Gasteiger partial charge is 0.289 e. The molecule has 5 rings (SSSR count). The van der Waals surface area contributed by atoms with Crippen molar-refractivity contribution in [3.63, 3.8) is 0 Å². The van der Waals surface area contributed by atoms with Crippen molar-refractivity contribution < 1.29 is 14.4 Å². The van der Waals surface area contributed by atoms with Crippen LogP contribution < -0.4 is 10.6 Å². The molecule has 2 N–H and O–H groups in total. The van der Waals surface area contributed by atoms with Crippen molar-refractivity contribution in [2.75, 3.05) is 0 Å². The van der Waals surface area contributed by atoms with Crippen molar-refractivity contribution in [2.45, 2.75) is 31.3 Å². The summed E-state index contributed by atoms with van der Waals surface area (Å²) in [4.78, 5) is 47.6. The number of nitrogens with zero attached hydrogens (tertiary/aromatic N) is 4. The number of nitrogens with one attached hydrogen (secondary N) is 2. The summed E-state index contributed by atoms with van der Waals surface area (Å²) < 4.78 is 1.49. The van der Waals surface area contributed by atoms with Crippen LogP contribution >= 0.6 is 0 Å². The van der Waals surface area contributed by atoms with E-state index in [9.17, 15) is 14.4 Å². The number of benzene rings is 1. The molecule has 2 amide bonds. The normalized spacial score (nSPS) is 13.6. The molecule has 1 saturated carbocycles. The molecule has 0 bridgehead atoms. The number of hydrogen-bond acceptors (Lipinski definition) is 6. The van der Waals surface area contributed by atoms with Crippen molar-refractivity contribution in [1.82, 2.24) is 30.4 Å². The number of pyridine rings is 2. The van der Waals surface area contributed by atoms with Crippen LogP contribution in [-0.4, -0.2) is 49.4 Å². The Morgan fingerprint density at radius 2 is 1.67 bits per heavy atom. The number of carbonyl (C=O) groups is 3. The molecular formula is C27H24N6O3. The van der Waals surface area contributed by atoms with Crippen molar-refractivity contribution in [2.24, 2.45) is 0 Å². The lowest BCUT2D eigenvalue weighted by Crippen LogP contribution is -2.49. The van der Waals surface area contributed by atoms with Crippen molar-refractivity contribution in [3.8, 4) is 17.2 Å². The molecule has 0 spiro atoms. The number of rotatable bonds is 9. The fraction of sp³-hybridized carbons (Fsp3) is 0.185. The van der Waals surface area contributed by atoms with E-state index in [1.807, 2.05) is 48.5 Å². The highest BCUT2D eigenvalue weighted by Gasteiger charge is 2.32. The molecular weight excluding hydrogens is 456 g/mol. The predicted molar refractivity (Wildman–Crippen MR) is 132 cm³/mol. The Hall–Kier alpha value is -4.66. The van der Waals surface area contributed by atoms with E-state index in [1.165, 1.54) is 4.68 Å². The minimum absolute atomic E-state index is 0.0348. The zero-order chi connectivity index (χ0) is 24.9. The highest BCUT2D eigenvalue weighted by molar-refractivity contribution is 6.38. The fourth-order valence-electron chi connectivity index (χ4n) is 3.79. The molecule has 0 saturated heterocycles. The maximum Gasteiger partial charge on any atom is 0.289 e. The lowest BCUT2D eigenvalue weighted by Gasteiger charge is -2.18. The number of aromatic nitrogens is 4. The van der Waals surface area contributed by atoms with Gasteiger partial charge >= 0.3 is 0 Å². The molecule has 0 radical (unpaired) electrons. The monoisotopic (exact) mass is 480 g/mol. The molecule has 9 nitrogen and oxygen atoms in total. The largest absolute Gasteiger partial charge is 0.347 e. The van der Waals surface area contributed by atoms with Gasteiger partial charge in [-0.15, -0.1) is 0 Å². The van der Waals surface area contributed by atoms with Crippen LogP contribution in [0.4, 0.5) is 0 Å². The van der Waals surface area contributed by atoms with Gasteiger partial charge in [0.05, 0.1) is 11.3 Å². The van der Waals surface area contributed by atoms with Crippen molar-refractivity contribution in [1.29, 1.82) is 0 Å². The van der Waals surface area contributed by atoms with E-state index >= 15 is 0 Å². The number of Topliss-reactive ketones (excluding diaryl/α,β-unsaturated/α-hetero) is 1. The van der Waals surface area contributed by atoms with Gasteiger partial charge < -0.3 is 10.6 Å². The summed E-state index contributed by atoms with van der Waals surface area (Å²) in [7, 11) is 0. The SMILES string of the molecule is O=C(NC1CC1)C(=O)C(Cc1ccccc1)NC(=O)c1cccnc1-n1ccc(-c2ccccn2)n1. The summed E-state index contributed by atoms with van der Waals surface area (Å²) in [5.41, 5.74) is 2.37. The van der Waals surface area contributed by atoms with Crippen LogP contribution in [0.25, 0.3) is 17.2 Å². The number of hydrogen-bond donors (Lipinski definition) is 2. The third kappa shape index (κ3) is 5.35. The standard InChI is InChI=1S/C27H24N6O3/c34-24(27(36)30-19-11-12-19)23(17-18-7-2-1-3-8-18)31-26(35)20-9-6-15-29-25(20)33-16-13-22(32-33)21-10-4-5-14-28-21/h1-10,13-16,19,23H,11-12,17H2,(H,30,36)(H,31,35). The summed E-state index contributed by atoms with van der Waals surface area (Å²) in [6.45, 7) is 0. The van der Waals surface area contributed by atoms with Gasteiger partial charge in [0.15, 0.2) is 5.82 Å². The maximum atomic E-state index is 13.4. The van der Waals surface area contributed by atoms with E-state index in [4.69, 9.17) is 0 Å². The molecule has 3 aromatic heterocycles. The second-order valence-corrected chi connectivity index (χ2v) is 8.56. The molecule has 1 unspecified atom stereocenters. The molecule has 1 fully saturated rings. The van der Waals surface area contributed by atoms with Crippen LogP contribution in [0.1, 0.15) is 28.8 Å². The summed E-state index contributed by atoms with van der Waals surface area (Å²) in [6, 6.07) is 18.8. The Labute approximate surface area is 207 Å². The quantitative estimate of drug-likeness (QED) is 0.356. The second kappa shape index (κ2) is 10.3. The minimum Gasteiger partial charge on any atom is -0.347 e. The number of carbonyl (C=O) groups excluding carboxylic acids is 3. The molecule has 180 valence electrons. The van der Waals surface area contributed by atoms with E-state index in [0.29, 0.717) is 17.2 Å². The molecule has 3 heterocycles. The van der Waals surface area contributed by atoms with Gasteiger partial charge in [-0.05, 0) is 48.7 Å². The topological polar surface area (TPSA) is 119 Å². The maximum absolute atomic E-state index is 13.4. The predicted octanol–water partition coefficient (Wildman–Crippen LogP) is 2.52. The summed E-state index contributed by atoms with van der Waals surface area (Å²) in [5, 5.41) is 10.0. The lowest BCUT2D eigenvalue weighted by molar-refractivity contribution is -0.139. The molecule has 1 aromatic carbocycles. The Morgan fingerprint density at radius 1 is 0.889 bits per heavy atom. The van der Waals surface area contributed by atoms with Crippen molar-refractivity contribution >= 4 is 17.6 Å². The average Bonchev–Trinajstić information content (AvgIpc) is 3.60. The Bertz CT molecular complexity index is 1380. The minimum atomic E-state index is -1.03. The highest BCUT2D eigenvalue weighted by Crippen LogP contribution is 2.19. The summed E-state index contributed by atoms with van der Waals surface area (Å²) in [6.07, 6.45) is 6.83. The van der Waals surface area contributed by atoms with Gasteiger partial charge in [0.1, 0.15) is 11.7 Å². The first kappa shape index (κ1) is 23.1. The van der Waals surface area contributed by atoms with Crippen LogP contribution in [0.15, 0.2) is 85.3 Å². The molecule has 1 aliphatic carbocycles. The highest BCUT2D eigenvalue weighted by atomic mass is 16.2. The van der Waals surface area contributed by atoms with Crippen LogP contribution in [-0.2, 0) is 16.0 Å². The van der Waals surface area contributed by atoms with E-state index < -0.39 is 23.6 Å². The van der Waals surface area contributed by atoms with E-state index in [0.717, 1.165) is 18.4 Å². The molecule has 36 heavy (non-hydrogen) atoms. The third-order valence-corrected chi connectivity index (χ3v) is 5.81. The van der Waals surface area contributed by atoms with E-state index in [2.05, 4.69) is 25.7 Å². The van der Waals surface area contributed by atoms with Gasteiger partial charge in [-0.3, -0.25) is 19.4 Å². The Balaban J connectivity index is 1.40. The van der Waals surface area contributed by atoms with Crippen LogP contribution in [0.3, 0.4) is 0 Å². The summed E-state index contributed by atoms with van der Waals surface area (Å²) >= 11 is 0. The third-order valence-electron chi connectivity index (χ3n) is 5.81. The zero-order valence-corrected chi connectivity index (χ0v) is 19.4. The van der Waals surface area contributed by atoms with E-state index in [-0.39, 0.29) is 18.0 Å². The molecule has 1 atom stereocenters. The van der Waals surface area contributed by atoms with Gasteiger partial charge in [0, 0.05) is 31.1 Å². The molecule has 4 aromatic rings. The zero-order valence-electron chi connectivity index (χ0n) is 19.4. The van der Waals surface area contributed by atoms with Gasteiger partial charge in [0.2, 0.25) is 5.78 Å². The van der Waals surface area contributed by atoms with Crippen LogP contribution in [0, 0.1) is 0 Å².